The van der Waals surface area contributed by atoms with E-state index in [2.05, 4.69) is 43.4 Å². The Morgan fingerprint density at radius 2 is 1.89 bits per heavy atom. The van der Waals surface area contributed by atoms with Crippen LogP contribution in [0, 0.1) is 0 Å². The second kappa shape index (κ2) is 7.69. The van der Waals surface area contributed by atoms with Crippen LogP contribution in [-0.4, -0.2) is 12.6 Å². The van der Waals surface area contributed by atoms with Gasteiger partial charge in [0.05, 0.1) is 0 Å². The van der Waals surface area contributed by atoms with E-state index in [1.807, 2.05) is 0 Å². The van der Waals surface area contributed by atoms with Gasteiger partial charge in [-0.25, -0.2) is 0 Å². The largest absolute Gasteiger partial charge is 0.314 e. The van der Waals surface area contributed by atoms with Crippen molar-refractivity contribution in [3.05, 3.63) is 35.4 Å². The Balaban J connectivity index is 1.81. The maximum Gasteiger partial charge on any atom is 0.0139 e. The Hall–Kier alpha value is -0.820. The van der Waals surface area contributed by atoms with Crippen LogP contribution in [0.5, 0.6) is 0 Å². The molecule has 0 aromatic heterocycles. The second-order valence-corrected chi connectivity index (χ2v) is 5.88. The van der Waals surface area contributed by atoms with Crippen molar-refractivity contribution < 1.29 is 0 Å². The molecule has 0 bridgehead atoms. The summed E-state index contributed by atoms with van der Waals surface area (Å²) >= 11 is 0. The van der Waals surface area contributed by atoms with Crippen molar-refractivity contribution in [2.24, 2.45) is 0 Å². The first-order chi connectivity index (χ1) is 9.36. The molecule has 0 aliphatic heterocycles. The molecule has 1 N–H and O–H groups in total. The molecule has 0 saturated carbocycles. The van der Waals surface area contributed by atoms with E-state index in [1.165, 1.54) is 44.9 Å². The summed E-state index contributed by atoms with van der Waals surface area (Å²) in [5, 5.41) is 3.72. The normalized spacial score (nSPS) is 18.7. The quantitative estimate of drug-likeness (QED) is 0.636. The Bertz CT molecular complexity index is 372. The van der Waals surface area contributed by atoms with Gasteiger partial charge in [0.1, 0.15) is 0 Å². The van der Waals surface area contributed by atoms with Gasteiger partial charge < -0.3 is 5.32 Å². The van der Waals surface area contributed by atoms with Crippen molar-refractivity contribution in [2.45, 2.75) is 70.8 Å². The van der Waals surface area contributed by atoms with Crippen LogP contribution < -0.4 is 5.32 Å². The molecule has 1 heteroatoms. The first kappa shape index (κ1) is 14.6. The lowest BCUT2D eigenvalue weighted by molar-refractivity contribution is 0.372. The molecule has 1 aliphatic carbocycles. The first-order valence-electron chi connectivity index (χ1n) is 8.18. The monoisotopic (exact) mass is 259 g/mol. The van der Waals surface area contributed by atoms with Crippen LogP contribution in [0.2, 0.25) is 0 Å². The van der Waals surface area contributed by atoms with E-state index in [1.54, 1.807) is 11.1 Å². The van der Waals surface area contributed by atoms with E-state index in [9.17, 15) is 0 Å². The Labute approximate surface area is 118 Å². The van der Waals surface area contributed by atoms with Crippen LogP contribution in [0.25, 0.3) is 0 Å². The van der Waals surface area contributed by atoms with Gasteiger partial charge in [0, 0.05) is 12.0 Å². The lowest BCUT2D eigenvalue weighted by atomic mass is 9.72. The molecule has 0 spiro atoms. The zero-order valence-corrected chi connectivity index (χ0v) is 12.6. The average molecular weight is 259 g/mol. The summed E-state index contributed by atoms with van der Waals surface area (Å²) in [5.74, 6) is 0.766. The number of likely N-dealkylation sites (N-methyl/N-ethyl adjacent to an activating group) is 1. The van der Waals surface area contributed by atoms with Crippen molar-refractivity contribution in [1.82, 2.24) is 5.32 Å². The van der Waals surface area contributed by atoms with Crippen LogP contribution in [-0.2, 0) is 6.42 Å². The lowest BCUT2D eigenvalue weighted by Gasteiger charge is -2.37. The molecule has 106 valence electrons. The molecule has 1 aromatic rings. The highest BCUT2D eigenvalue weighted by Crippen LogP contribution is 2.38. The molecule has 0 saturated heterocycles. The van der Waals surface area contributed by atoms with Crippen LogP contribution >= 0.6 is 0 Å². The molecule has 0 radical (unpaired) electrons. The van der Waals surface area contributed by atoms with Gasteiger partial charge in [-0.15, -0.1) is 0 Å². The summed E-state index contributed by atoms with van der Waals surface area (Å²) in [5.41, 5.74) is 3.17. The summed E-state index contributed by atoms with van der Waals surface area (Å²) in [6, 6.07) is 9.67. The fraction of sp³-hybridized carbons (Fsp3) is 0.667. The Morgan fingerprint density at radius 1 is 1.11 bits per heavy atom. The molecular weight excluding hydrogens is 230 g/mol. The molecule has 0 amide bonds. The van der Waals surface area contributed by atoms with Gasteiger partial charge in [-0.2, -0.15) is 0 Å². The number of rotatable bonds is 9. The van der Waals surface area contributed by atoms with Crippen LogP contribution in [0.15, 0.2) is 24.3 Å². The van der Waals surface area contributed by atoms with Gasteiger partial charge >= 0.3 is 0 Å². The van der Waals surface area contributed by atoms with E-state index in [0.717, 1.165) is 12.5 Å². The summed E-state index contributed by atoms with van der Waals surface area (Å²) in [6.45, 7) is 5.61. The topological polar surface area (TPSA) is 12.0 Å². The van der Waals surface area contributed by atoms with E-state index >= 15 is 0 Å². The molecule has 1 nitrogen and oxygen atoms in total. The van der Waals surface area contributed by atoms with Gasteiger partial charge in [-0.1, -0.05) is 70.2 Å². The first-order valence-corrected chi connectivity index (χ1v) is 8.18. The minimum Gasteiger partial charge on any atom is -0.314 e. The van der Waals surface area contributed by atoms with E-state index in [0.29, 0.717) is 6.04 Å². The van der Waals surface area contributed by atoms with Crippen molar-refractivity contribution in [2.75, 3.05) is 6.54 Å². The molecule has 0 fully saturated rings. The fourth-order valence-electron chi connectivity index (χ4n) is 3.33. The molecule has 2 rings (SSSR count). The highest BCUT2D eigenvalue weighted by atomic mass is 14.9. The lowest BCUT2D eigenvalue weighted by Crippen LogP contribution is -2.39. The summed E-state index contributed by atoms with van der Waals surface area (Å²) in [6.07, 6.45) is 9.57. The average Bonchev–Trinajstić information content (AvgIpc) is 2.40. The minimum atomic E-state index is 0.696. The standard InChI is InChI=1S/C18H29N/c1-3-5-6-7-8-13-18(19-4-2)17-14-15-11-9-10-12-16(15)17/h9-12,17-19H,3-8,13-14H2,1-2H3. The number of fused-ring (bicyclic) bond motifs is 1. The third-order valence-electron chi connectivity index (χ3n) is 4.47. The maximum atomic E-state index is 3.72. The molecule has 0 heterocycles. The van der Waals surface area contributed by atoms with E-state index in [-0.39, 0.29) is 0 Å². The Morgan fingerprint density at radius 3 is 2.63 bits per heavy atom. The SMILES string of the molecule is CCCCCCCC(NCC)C1Cc2ccccc21. The predicted octanol–water partition coefficient (Wildman–Crippen LogP) is 4.66. The van der Waals surface area contributed by atoms with Gasteiger partial charge in [0.2, 0.25) is 0 Å². The van der Waals surface area contributed by atoms with Crippen molar-refractivity contribution in [3.63, 3.8) is 0 Å². The van der Waals surface area contributed by atoms with Crippen LogP contribution in [0.3, 0.4) is 0 Å². The number of hydrogen-bond acceptors (Lipinski definition) is 1. The third-order valence-corrected chi connectivity index (χ3v) is 4.47. The molecule has 1 aromatic carbocycles. The van der Waals surface area contributed by atoms with E-state index in [4.69, 9.17) is 0 Å². The molecule has 19 heavy (non-hydrogen) atoms. The number of benzene rings is 1. The maximum absolute atomic E-state index is 3.72. The van der Waals surface area contributed by atoms with Gasteiger partial charge in [-0.05, 0) is 30.5 Å². The summed E-state index contributed by atoms with van der Waals surface area (Å²) < 4.78 is 0. The zero-order valence-electron chi connectivity index (χ0n) is 12.6. The number of hydrogen-bond donors (Lipinski definition) is 1. The molecule has 2 atom stereocenters. The van der Waals surface area contributed by atoms with Crippen molar-refractivity contribution in [1.29, 1.82) is 0 Å². The smallest absolute Gasteiger partial charge is 0.0139 e. The van der Waals surface area contributed by atoms with Crippen LogP contribution in [0.4, 0.5) is 0 Å². The van der Waals surface area contributed by atoms with Crippen molar-refractivity contribution in [3.8, 4) is 0 Å². The van der Waals surface area contributed by atoms with Gasteiger partial charge in [0.15, 0.2) is 0 Å². The van der Waals surface area contributed by atoms with Gasteiger partial charge in [-0.3, -0.25) is 0 Å². The van der Waals surface area contributed by atoms with Crippen molar-refractivity contribution >= 4 is 0 Å². The third kappa shape index (κ3) is 3.82. The van der Waals surface area contributed by atoms with Gasteiger partial charge in [0.25, 0.3) is 0 Å². The zero-order chi connectivity index (χ0) is 13.5. The second-order valence-electron chi connectivity index (χ2n) is 5.88. The van der Waals surface area contributed by atoms with E-state index < -0.39 is 0 Å². The molecule has 1 aliphatic rings. The molecular formula is C18H29N. The number of unbranched alkanes of at least 4 members (excludes halogenated alkanes) is 4. The predicted molar refractivity (Wildman–Crippen MR) is 83.7 cm³/mol. The highest BCUT2D eigenvalue weighted by molar-refractivity contribution is 5.41. The number of nitrogens with one attached hydrogen (secondary N) is 1. The Kier molecular flexibility index (Phi) is 5.91. The van der Waals surface area contributed by atoms with Crippen LogP contribution in [0.1, 0.15) is 69.4 Å². The summed E-state index contributed by atoms with van der Waals surface area (Å²) in [4.78, 5) is 0. The highest BCUT2D eigenvalue weighted by Gasteiger charge is 2.31. The summed E-state index contributed by atoms with van der Waals surface area (Å²) in [7, 11) is 0. The molecule has 2 unspecified atom stereocenters. The minimum absolute atomic E-state index is 0.696. The fourth-order valence-corrected chi connectivity index (χ4v) is 3.33.